The number of nitriles is 2. The lowest BCUT2D eigenvalue weighted by atomic mass is 9.64. The number of para-hydroxylation sites is 2. The molecule has 1 heterocycles. The van der Waals surface area contributed by atoms with Crippen molar-refractivity contribution in [1.29, 1.82) is 10.5 Å². The van der Waals surface area contributed by atoms with Gasteiger partial charge >= 0.3 is 0 Å². The van der Waals surface area contributed by atoms with E-state index in [9.17, 15) is 10.5 Å². The van der Waals surface area contributed by atoms with Gasteiger partial charge in [-0.15, -0.1) is 0 Å². The van der Waals surface area contributed by atoms with E-state index in [4.69, 9.17) is 0 Å². The molecule has 0 fully saturated rings. The van der Waals surface area contributed by atoms with Gasteiger partial charge in [0.05, 0.1) is 39.7 Å². The number of anilines is 3. The van der Waals surface area contributed by atoms with Crippen LogP contribution in [-0.4, -0.2) is 0 Å². The van der Waals surface area contributed by atoms with Gasteiger partial charge in [0.15, 0.2) is 0 Å². The lowest BCUT2D eigenvalue weighted by Crippen LogP contribution is -2.36. The van der Waals surface area contributed by atoms with E-state index < -0.39 is 5.41 Å². The van der Waals surface area contributed by atoms with Crippen LogP contribution in [-0.2, 0) is 5.41 Å². The molecule has 2 aliphatic rings. The number of hydrogen-bond acceptors (Lipinski definition) is 3. The van der Waals surface area contributed by atoms with Crippen LogP contribution in [0.1, 0.15) is 33.4 Å². The van der Waals surface area contributed by atoms with Crippen LogP contribution in [0, 0.1) is 22.7 Å². The third-order valence-electron chi connectivity index (χ3n) is 7.54. The van der Waals surface area contributed by atoms with E-state index in [0.717, 1.165) is 22.5 Å². The molecule has 1 aliphatic heterocycles. The Kier molecular flexibility index (Phi) is 4.19. The van der Waals surface area contributed by atoms with Gasteiger partial charge < -0.3 is 4.90 Å². The van der Waals surface area contributed by atoms with Crippen LogP contribution in [0.3, 0.4) is 0 Å². The third kappa shape index (κ3) is 2.44. The van der Waals surface area contributed by atoms with Crippen LogP contribution in [0.25, 0.3) is 11.1 Å². The van der Waals surface area contributed by atoms with Gasteiger partial charge in [-0.1, -0.05) is 84.9 Å². The average Bonchev–Trinajstić information content (AvgIpc) is 3.24. The highest BCUT2D eigenvalue weighted by atomic mass is 15.2. The van der Waals surface area contributed by atoms with Crippen molar-refractivity contribution in [3.8, 4) is 23.3 Å². The molecule has 0 radical (unpaired) electrons. The zero-order valence-corrected chi connectivity index (χ0v) is 19.3. The van der Waals surface area contributed by atoms with Gasteiger partial charge in [0.2, 0.25) is 0 Å². The highest BCUT2D eigenvalue weighted by Crippen LogP contribution is 2.63. The monoisotopic (exact) mass is 457 g/mol. The standard InChI is InChI=1S/C33H19N3/c34-20-22-17-18-23(21-35)32(19-22)36-30-15-7-5-13-28(30)33(29-14-6-8-16-31(29)36)26-11-3-1-9-24(26)25-10-2-4-12-27(25)33/h1-19H. The highest BCUT2D eigenvalue weighted by molar-refractivity contribution is 5.96. The minimum Gasteiger partial charge on any atom is -0.308 e. The van der Waals surface area contributed by atoms with Crippen molar-refractivity contribution < 1.29 is 0 Å². The first-order chi connectivity index (χ1) is 17.8. The smallest absolute Gasteiger partial charge is 0.101 e. The van der Waals surface area contributed by atoms with Gasteiger partial charge in [0.25, 0.3) is 0 Å². The molecule has 0 atom stereocenters. The summed E-state index contributed by atoms with van der Waals surface area (Å²) in [7, 11) is 0. The maximum absolute atomic E-state index is 10.0. The summed E-state index contributed by atoms with van der Waals surface area (Å²) < 4.78 is 0. The van der Waals surface area contributed by atoms with Crippen molar-refractivity contribution in [3.05, 3.63) is 149 Å². The summed E-state index contributed by atoms with van der Waals surface area (Å²) in [5.74, 6) is 0. The van der Waals surface area contributed by atoms with Crippen molar-refractivity contribution in [1.82, 2.24) is 0 Å². The van der Waals surface area contributed by atoms with Crippen molar-refractivity contribution in [2.24, 2.45) is 0 Å². The topological polar surface area (TPSA) is 50.8 Å². The zero-order chi connectivity index (χ0) is 24.3. The second-order valence-corrected chi connectivity index (χ2v) is 9.17. The number of benzene rings is 5. The van der Waals surface area contributed by atoms with Crippen molar-refractivity contribution in [3.63, 3.8) is 0 Å². The Labute approximate surface area is 209 Å². The summed E-state index contributed by atoms with van der Waals surface area (Å²) in [5.41, 5.74) is 10.6. The summed E-state index contributed by atoms with van der Waals surface area (Å²) in [6.07, 6.45) is 0. The van der Waals surface area contributed by atoms with Crippen LogP contribution < -0.4 is 4.90 Å². The maximum Gasteiger partial charge on any atom is 0.101 e. The van der Waals surface area contributed by atoms with E-state index >= 15 is 0 Å². The van der Waals surface area contributed by atoms with Gasteiger partial charge in [-0.25, -0.2) is 0 Å². The Balaban J connectivity index is 1.65. The minimum atomic E-state index is -0.490. The molecule has 0 saturated heterocycles. The molecular formula is C33H19N3. The molecule has 36 heavy (non-hydrogen) atoms. The lowest BCUT2D eigenvalue weighted by Gasteiger charge is -2.45. The minimum absolute atomic E-state index is 0.490. The van der Waals surface area contributed by atoms with Gasteiger partial charge in [-0.3, -0.25) is 0 Å². The second-order valence-electron chi connectivity index (χ2n) is 9.17. The first-order valence-corrected chi connectivity index (χ1v) is 11.9. The van der Waals surface area contributed by atoms with E-state index in [1.807, 2.05) is 18.2 Å². The fourth-order valence-electron chi connectivity index (χ4n) is 6.20. The second kappa shape index (κ2) is 7.44. The number of nitrogens with zero attached hydrogens (tertiary/aromatic N) is 3. The zero-order valence-electron chi connectivity index (χ0n) is 19.3. The number of fused-ring (bicyclic) bond motifs is 9. The van der Waals surface area contributed by atoms with Gasteiger partial charge in [0.1, 0.15) is 6.07 Å². The first-order valence-electron chi connectivity index (χ1n) is 11.9. The highest BCUT2D eigenvalue weighted by Gasteiger charge is 2.51. The van der Waals surface area contributed by atoms with Crippen molar-refractivity contribution in [2.45, 2.75) is 5.41 Å². The fourth-order valence-corrected chi connectivity index (χ4v) is 6.20. The Bertz CT molecular complexity index is 1690. The van der Waals surface area contributed by atoms with E-state index in [1.54, 1.807) is 12.1 Å². The first kappa shape index (κ1) is 20.3. The molecule has 7 rings (SSSR count). The molecule has 1 aliphatic carbocycles. The molecule has 1 spiro atoms. The third-order valence-corrected chi connectivity index (χ3v) is 7.54. The SMILES string of the molecule is N#Cc1ccc(C#N)c(N2c3ccccc3C3(c4ccccc4-c4ccccc43)c3ccccc32)c1. The van der Waals surface area contributed by atoms with E-state index in [1.165, 1.54) is 22.3 Å². The van der Waals surface area contributed by atoms with Crippen LogP contribution >= 0.6 is 0 Å². The lowest BCUT2D eigenvalue weighted by molar-refractivity contribution is 0.752. The van der Waals surface area contributed by atoms with E-state index in [2.05, 4.69) is 102 Å². The molecule has 0 saturated carbocycles. The molecule has 166 valence electrons. The molecule has 3 nitrogen and oxygen atoms in total. The molecule has 3 heteroatoms. The Morgan fingerprint density at radius 2 is 1.00 bits per heavy atom. The summed E-state index contributed by atoms with van der Waals surface area (Å²) in [5, 5.41) is 19.7. The van der Waals surface area contributed by atoms with Crippen molar-refractivity contribution in [2.75, 3.05) is 4.90 Å². The molecule has 0 bridgehead atoms. The molecule has 5 aromatic rings. The summed E-state index contributed by atoms with van der Waals surface area (Å²) in [6.45, 7) is 0. The predicted molar refractivity (Wildman–Crippen MR) is 141 cm³/mol. The van der Waals surface area contributed by atoms with Crippen LogP contribution in [0.15, 0.2) is 115 Å². The molecule has 0 amide bonds. The fraction of sp³-hybridized carbons (Fsp3) is 0.0303. The average molecular weight is 458 g/mol. The van der Waals surface area contributed by atoms with Crippen LogP contribution in [0.2, 0.25) is 0 Å². The predicted octanol–water partition coefficient (Wildman–Crippen LogP) is 7.58. The Morgan fingerprint density at radius 3 is 1.53 bits per heavy atom. The molecule has 0 unspecified atom stereocenters. The largest absolute Gasteiger partial charge is 0.308 e. The summed E-state index contributed by atoms with van der Waals surface area (Å²) in [6, 6.07) is 44.1. The maximum atomic E-state index is 10.0. The normalized spacial score (nSPS) is 13.7. The van der Waals surface area contributed by atoms with E-state index in [0.29, 0.717) is 16.8 Å². The summed E-state index contributed by atoms with van der Waals surface area (Å²) >= 11 is 0. The van der Waals surface area contributed by atoms with Gasteiger partial charge in [-0.05, 0) is 63.7 Å². The van der Waals surface area contributed by atoms with Crippen LogP contribution in [0.4, 0.5) is 17.1 Å². The Hall–Kier alpha value is -5.12. The van der Waals surface area contributed by atoms with Crippen molar-refractivity contribution >= 4 is 17.1 Å². The van der Waals surface area contributed by atoms with E-state index in [-0.39, 0.29) is 0 Å². The van der Waals surface area contributed by atoms with Gasteiger partial charge in [-0.2, -0.15) is 10.5 Å². The van der Waals surface area contributed by atoms with Crippen LogP contribution in [0.5, 0.6) is 0 Å². The molecule has 0 aromatic heterocycles. The molecule has 0 N–H and O–H groups in total. The van der Waals surface area contributed by atoms with Gasteiger partial charge in [0, 0.05) is 0 Å². The summed E-state index contributed by atoms with van der Waals surface area (Å²) in [4.78, 5) is 2.15. The Morgan fingerprint density at radius 1 is 0.500 bits per heavy atom. The number of hydrogen-bond donors (Lipinski definition) is 0. The number of rotatable bonds is 1. The molecule has 5 aromatic carbocycles. The molecular weight excluding hydrogens is 438 g/mol. The quantitative estimate of drug-likeness (QED) is 0.255.